The number of likely N-dealkylation sites (N-methyl/N-ethyl adjacent to an activating group) is 1. The van der Waals surface area contributed by atoms with E-state index in [4.69, 9.17) is 5.11 Å². The second-order valence-electron chi connectivity index (χ2n) is 6.24. The lowest BCUT2D eigenvalue weighted by molar-refractivity contribution is -0.145. The van der Waals surface area contributed by atoms with E-state index < -0.39 is 42.8 Å². The van der Waals surface area contributed by atoms with E-state index in [0.29, 0.717) is 0 Å². The topological polar surface area (TPSA) is 112 Å². The molecule has 2 aromatic heterocycles. The summed E-state index contributed by atoms with van der Waals surface area (Å²) in [6, 6.07) is 0.0944. The number of halogens is 4. The summed E-state index contributed by atoms with van der Waals surface area (Å²) in [5, 5.41) is 9.14. The van der Waals surface area contributed by atoms with Crippen LogP contribution in [0.4, 0.5) is 28.2 Å². The molecule has 0 saturated carbocycles. The van der Waals surface area contributed by atoms with Gasteiger partial charge in [0.1, 0.15) is 24.4 Å². The Morgan fingerprint density at radius 1 is 1.21 bits per heavy atom. The highest BCUT2D eigenvalue weighted by Gasteiger charge is 2.41. The van der Waals surface area contributed by atoms with Crippen molar-refractivity contribution in [1.82, 2.24) is 24.8 Å². The van der Waals surface area contributed by atoms with Crippen LogP contribution in [0.1, 0.15) is 12.2 Å². The van der Waals surface area contributed by atoms with Gasteiger partial charge in [0.25, 0.3) is 5.91 Å². The Bertz CT molecular complexity index is 924. The first-order valence-corrected chi connectivity index (χ1v) is 8.20. The Morgan fingerprint density at radius 3 is 2.45 bits per heavy atom. The van der Waals surface area contributed by atoms with Crippen molar-refractivity contribution in [2.75, 3.05) is 18.5 Å². The van der Waals surface area contributed by atoms with Gasteiger partial charge in [-0.25, -0.2) is 29.1 Å². The number of anilines is 1. The van der Waals surface area contributed by atoms with Crippen molar-refractivity contribution in [3.8, 4) is 11.3 Å². The average Bonchev–Trinajstić information content (AvgIpc) is 3.08. The van der Waals surface area contributed by atoms with Crippen LogP contribution in [0, 0.1) is 0 Å². The summed E-state index contributed by atoms with van der Waals surface area (Å²) in [6.07, 6.45) is -4.90. The van der Waals surface area contributed by atoms with E-state index in [9.17, 15) is 27.2 Å². The molecule has 1 aliphatic heterocycles. The highest BCUT2D eigenvalue weighted by atomic mass is 19.4. The third-order valence-electron chi connectivity index (χ3n) is 4.31. The molecule has 2 aromatic rings. The quantitative estimate of drug-likeness (QED) is 0.765. The molecular formula is C16H14F4N6O3. The van der Waals surface area contributed by atoms with Crippen LogP contribution >= 0.6 is 0 Å². The molecule has 2 atom stereocenters. The summed E-state index contributed by atoms with van der Waals surface area (Å²) in [7, 11) is 1.32. The molecule has 1 fully saturated rings. The molecule has 29 heavy (non-hydrogen) atoms. The number of carbonyl (C=O) groups excluding carboxylic acids is 1. The Labute approximate surface area is 161 Å². The molecule has 3 rings (SSSR count). The van der Waals surface area contributed by atoms with Gasteiger partial charge < -0.3 is 5.11 Å². The van der Waals surface area contributed by atoms with Crippen LogP contribution < -0.4 is 4.90 Å². The molecular weight excluding hydrogens is 400 g/mol. The highest BCUT2D eigenvalue weighted by molar-refractivity contribution is 5.98. The van der Waals surface area contributed by atoms with E-state index in [1.54, 1.807) is 0 Å². The summed E-state index contributed by atoms with van der Waals surface area (Å²) < 4.78 is 51.3. The summed E-state index contributed by atoms with van der Waals surface area (Å²) in [5.41, 5.74) is 0.299. The molecule has 0 spiro atoms. The van der Waals surface area contributed by atoms with Crippen LogP contribution in [0.25, 0.3) is 11.3 Å². The van der Waals surface area contributed by atoms with E-state index in [2.05, 4.69) is 19.9 Å². The number of nitrogens with zero attached hydrogens (tertiary/aromatic N) is 6. The first kappa shape index (κ1) is 20.4. The molecule has 0 radical (unpaired) electrons. The van der Waals surface area contributed by atoms with Gasteiger partial charge in [0.15, 0.2) is 0 Å². The van der Waals surface area contributed by atoms with Crippen LogP contribution in [-0.2, 0) is 11.0 Å². The Morgan fingerprint density at radius 2 is 1.86 bits per heavy atom. The standard InChI is InChI=1S/C16H14F4N6O3/c1-25(13(27)11-2-9(17)6-26(11)15(28)29)12-3-10(23-7-24-12)8-4-21-14(22-5-8)16(18,19)20/h3-5,7,9,11H,2,6H2,1H3,(H,28,29)/t9-,11+/m1/s1. The lowest BCUT2D eigenvalue weighted by Gasteiger charge is -2.25. The molecule has 3 heterocycles. The lowest BCUT2D eigenvalue weighted by atomic mass is 10.1. The summed E-state index contributed by atoms with van der Waals surface area (Å²) in [5.74, 6) is -1.95. The van der Waals surface area contributed by atoms with Crippen LogP contribution in [0.3, 0.4) is 0 Å². The maximum absolute atomic E-state index is 13.6. The maximum atomic E-state index is 13.6. The number of carbonyl (C=O) groups is 2. The van der Waals surface area contributed by atoms with E-state index in [-0.39, 0.29) is 23.5 Å². The Balaban J connectivity index is 1.83. The van der Waals surface area contributed by atoms with Crippen molar-refractivity contribution in [1.29, 1.82) is 0 Å². The number of hydrogen-bond donors (Lipinski definition) is 1. The zero-order valence-electron chi connectivity index (χ0n) is 14.8. The predicted molar refractivity (Wildman–Crippen MR) is 89.5 cm³/mol. The molecule has 2 amide bonds. The van der Waals surface area contributed by atoms with Crippen LogP contribution in [-0.4, -0.2) is 67.7 Å². The van der Waals surface area contributed by atoms with Gasteiger partial charge in [0.05, 0.1) is 12.2 Å². The molecule has 0 unspecified atom stereocenters. The first-order valence-electron chi connectivity index (χ1n) is 8.20. The van der Waals surface area contributed by atoms with E-state index >= 15 is 0 Å². The molecule has 0 aliphatic carbocycles. The van der Waals surface area contributed by atoms with Crippen molar-refractivity contribution < 1.29 is 32.3 Å². The zero-order valence-corrected chi connectivity index (χ0v) is 14.8. The first-order chi connectivity index (χ1) is 13.6. The van der Waals surface area contributed by atoms with Crippen LogP contribution in [0.15, 0.2) is 24.8 Å². The van der Waals surface area contributed by atoms with Crippen molar-refractivity contribution in [2.45, 2.75) is 24.8 Å². The minimum atomic E-state index is -4.69. The summed E-state index contributed by atoms with van der Waals surface area (Å²) >= 11 is 0. The maximum Gasteiger partial charge on any atom is 0.451 e. The van der Waals surface area contributed by atoms with Gasteiger partial charge in [-0.3, -0.25) is 14.6 Å². The second-order valence-corrected chi connectivity index (χ2v) is 6.24. The number of aromatic nitrogens is 4. The molecule has 154 valence electrons. The third-order valence-corrected chi connectivity index (χ3v) is 4.31. The van der Waals surface area contributed by atoms with E-state index in [1.807, 2.05) is 0 Å². The van der Waals surface area contributed by atoms with Gasteiger partial charge >= 0.3 is 12.3 Å². The minimum Gasteiger partial charge on any atom is -0.465 e. The molecule has 0 aromatic carbocycles. The Hall–Kier alpha value is -3.38. The van der Waals surface area contributed by atoms with Gasteiger partial charge in [-0.05, 0) is 0 Å². The fraction of sp³-hybridized carbons (Fsp3) is 0.375. The van der Waals surface area contributed by atoms with Crippen molar-refractivity contribution in [3.63, 3.8) is 0 Å². The minimum absolute atomic E-state index is 0.0487. The van der Waals surface area contributed by atoms with Gasteiger partial charge in [-0.2, -0.15) is 13.2 Å². The molecule has 0 bridgehead atoms. The molecule has 1 saturated heterocycles. The van der Waals surface area contributed by atoms with E-state index in [0.717, 1.165) is 28.5 Å². The molecule has 1 aliphatic rings. The summed E-state index contributed by atoms with van der Waals surface area (Å²) in [6.45, 7) is -0.405. The highest BCUT2D eigenvalue weighted by Crippen LogP contribution is 2.28. The number of amides is 2. The van der Waals surface area contributed by atoms with Crippen molar-refractivity contribution in [2.24, 2.45) is 0 Å². The van der Waals surface area contributed by atoms with Crippen LogP contribution in [0.2, 0.25) is 0 Å². The van der Waals surface area contributed by atoms with Crippen molar-refractivity contribution >= 4 is 17.8 Å². The number of alkyl halides is 4. The van der Waals surface area contributed by atoms with Crippen LogP contribution in [0.5, 0.6) is 0 Å². The van der Waals surface area contributed by atoms with Gasteiger partial charge in [-0.15, -0.1) is 0 Å². The van der Waals surface area contributed by atoms with Gasteiger partial charge in [-0.1, -0.05) is 0 Å². The van der Waals surface area contributed by atoms with Gasteiger partial charge in [0, 0.05) is 37.5 Å². The monoisotopic (exact) mass is 414 g/mol. The normalized spacial score (nSPS) is 19.3. The largest absolute Gasteiger partial charge is 0.465 e. The number of hydrogen-bond acceptors (Lipinski definition) is 6. The smallest absolute Gasteiger partial charge is 0.451 e. The summed E-state index contributed by atoms with van der Waals surface area (Å²) in [4.78, 5) is 40.0. The average molecular weight is 414 g/mol. The van der Waals surface area contributed by atoms with E-state index in [1.165, 1.54) is 13.1 Å². The number of carboxylic acid groups (broad SMARTS) is 1. The molecule has 1 N–H and O–H groups in total. The lowest BCUT2D eigenvalue weighted by Crippen LogP contribution is -2.46. The predicted octanol–water partition coefficient (Wildman–Crippen LogP) is 2.01. The molecule has 13 heteroatoms. The molecule has 9 nitrogen and oxygen atoms in total. The zero-order chi connectivity index (χ0) is 21.3. The number of rotatable bonds is 3. The Kier molecular flexibility index (Phi) is 5.31. The van der Waals surface area contributed by atoms with Gasteiger partial charge in [0.2, 0.25) is 5.82 Å². The number of likely N-dealkylation sites (tertiary alicyclic amines) is 1. The van der Waals surface area contributed by atoms with Crippen molar-refractivity contribution in [3.05, 3.63) is 30.6 Å². The second kappa shape index (κ2) is 7.56. The fourth-order valence-electron chi connectivity index (χ4n) is 2.86. The fourth-order valence-corrected chi connectivity index (χ4v) is 2.86. The SMILES string of the molecule is CN(C(=O)[C@@H]1C[C@@H](F)CN1C(=O)O)c1cc(-c2cnc(C(F)(F)F)nc2)ncn1. The third kappa shape index (κ3) is 4.22.